The molecule has 1 aromatic heterocycles. The highest BCUT2D eigenvalue weighted by Crippen LogP contribution is 2.37. The van der Waals surface area contributed by atoms with Crippen LogP contribution in [-0.2, 0) is 16.0 Å². The van der Waals surface area contributed by atoms with Crippen molar-refractivity contribution in [1.29, 1.82) is 0 Å². The average molecular weight is 396 g/mol. The van der Waals surface area contributed by atoms with E-state index < -0.39 is 5.41 Å². The Morgan fingerprint density at radius 1 is 1.28 bits per heavy atom. The molecular weight excluding hydrogens is 366 g/mol. The molecular formula is C22H29N5O2. The fourth-order valence-corrected chi connectivity index (χ4v) is 4.13. The Labute approximate surface area is 171 Å². The maximum absolute atomic E-state index is 13.2. The number of hydrogen-bond acceptors (Lipinski definition) is 6. The van der Waals surface area contributed by atoms with E-state index in [1.807, 2.05) is 31.2 Å². The van der Waals surface area contributed by atoms with Crippen molar-refractivity contribution in [3.63, 3.8) is 0 Å². The number of carbonyl (C=O) groups is 1. The minimum atomic E-state index is -0.475. The van der Waals surface area contributed by atoms with E-state index in [-0.39, 0.29) is 12.0 Å². The Morgan fingerprint density at radius 3 is 2.83 bits per heavy atom. The van der Waals surface area contributed by atoms with Gasteiger partial charge in [-0.05, 0) is 37.8 Å². The van der Waals surface area contributed by atoms with E-state index in [2.05, 4.69) is 37.6 Å². The van der Waals surface area contributed by atoms with Gasteiger partial charge in [0.25, 0.3) is 0 Å². The highest BCUT2D eigenvalue weighted by atomic mass is 16.5. The fourth-order valence-electron chi connectivity index (χ4n) is 4.13. The first-order valence-corrected chi connectivity index (χ1v) is 10.4. The molecule has 0 spiro atoms. The van der Waals surface area contributed by atoms with Gasteiger partial charge in [-0.3, -0.25) is 4.79 Å². The summed E-state index contributed by atoms with van der Waals surface area (Å²) in [5.74, 6) is 1.57. The van der Waals surface area contributed by atoms with Gasteiger partial charge in [-0.2, -0.15) is 4.98 Å². The third-order valence-electron chi connectivity index (χ3n) is 5.65. The average Bonchev–Trinajstić information content (AvgIpc) is 3.23. The van der Waals surface area contributed by atoms with Gasteiger partial charge in [-0.15, -0.1) is 0 Å². The number of nitrogens with one attached hydrogen (secondary N) is 2. The summed E-state index contributed by atoms with van der Waals surface area (Å²) in [5, 5.41) is 6.36. The van der Waals surface area contributed by atoms with E-state index in [0.717, 1.165) is 31.8 Å². The van der Waals surface area contributed by atoms with Gasteiger partial charge < -0.3 is 20.3 Å². The number of nitrogens with zero attached hydrogens (tertiary/aromatic N) is 3. The first-order chi connectivity index (χ1) is 14.2. The van der Waals surface area contributed by atoms with Crippen LogP contribution in [0.2, 0.25) is 0 Å². The summed E-state index contributed by atoms with van der Waals surface area (Å²) in [5.41, 5.74) is 0.694. The van der Waals surface area contributed by atoms with Crippen LogP contribution in [-0.4, -0.2) is 54.8 Å². The second-order valence-corrected chi connectivity index (χ2v) is 7.92. The molecule has 3 heterocycles. The van der Waals surface area contributed by atoms with E-state index >= 15 is 0 Å². The van der Waals surface area contributed by atoms with Crippen LogP contribution in [0.25, 0.3) is 0 Å². The van der Waals surface area contributed by atoms with Crippen LogP contribution in [0.15, 0.2) is 42.6 Å². The summed E-state index contributed by atoms with van der Waals surface area (Å²) in [7, 11) is 0. The van der Waals surface area contributed by atoms with Crippen LogP contribution in [0, 0.1) is 5.41 Å². The Hall–Kier alpha value is -2.67. The lowest BCUT2D eigenvalue weighted by atomic mass is 9.74. The van der Waals surface area contributed by atoms with Gasteiger partial charge in [0.05, 0.1) is 11.5 Å². The number of benzene rings is 1. The predicted molar refractivity (Wildman–Crippen MR) is 113 cm³/mol. The maximum atomic E-state index is 13.2. The van der Waals surface area contributed by atoms with Crippen molar-refractivity contribution in [2.45, 2.75) is 32.3 Å². The fraction of sp³-hybridized carbons (Fsp3) is 0.500. The van der Waals surface area contributed by atoms with Crippen LogP contribution in [0.1, 0.15) is 25.3 Å². The molecule has 154 valence electrons. The van der Waals surface area contributed by atoms with Crippen molar-refractivity contribution in [2.75, 3.05) is 43.0 Å². The third kappa shape index (κ3) is 4.50. The van der Waals surface area contributed by atoms with E-state index in [4.69, 9.17) is 4.74 Å². The van der Waals surface area contributed by atoms with Crippen molar-refractivity contribution in [3.8, 4) is 0 Å². The predicted octanol–water partition coefficient (Wildman–Crippen LogP) is 2.25. The van der Waals surface area contributed by atoms with Gasteiger partial charge in [0.1, 0.15) is 5.82 Å². The van der Waals surface area contributed by atoms with Gasteiger partial charge in [0.2, 0.25) is 11.9 Å². The number of hydrogen-bond donors (Lipinski definition) is 2. The van der Waals surface area contributed by atoms with Gasteiger partial charge in [0, 0.05) is 39.0 Å². The zero-order valence-electron chi connectivity index (χ0n) is 16.9. The molecule has 2 saturated heterocycles. The molecule has 2 aromatic rings. The molecule has 2 aliphatic rings. The maximum Gasteiger partial charge on any atom is 0.230 e. The number of amides is 1. The third-order valence-corrected chi connectivity index (χ3v) is 5.65. The van der Waals surface area contributed by atoms with Gasteiger partial charge in [0.15, 0.2) is 0 Å². The topological polar surface area (TPSA) is 79.4 Å². The van der Waals surface area contributed by atoms with Crippen molar-refractivity contribution in [2.24, 2.45) is 5.41 Å². The SMILES string of the molecule is CCNc1ccnc(N2CC(Cc3ccccc3)(C(=O)NCC3CCCO3)C2)n1. The van der Waals surface area contributed by atoms with Crippen molar-refractivity contribution in [3.05, 3.63) is 48.2 Å². The Balaban J connectivity index is 1.46. The van der Waals surface area contributed by atoms with Gasteiger partial charge >= 0.3 is 0 Å². The number of anilines is 2. The second-order valence-electron chi connectivity index (χ2n) is 7.92. The molecule has 2 aliphatic heterocycles. The second kappa shape index (κ2) is 8.78. The molecule has 0 aliphatic carbocycles. The number of ether oxygens (including phenoxy) is 1. The van der Waals surface area contributed by atoms with E-state index in [1.165, 1.54) is 5.56 Å². The van der Waals surface area contributed by atoms with Crippen molar-refractivity contribution < 1.29 is 9.53 Å². The zero-order chi connectivity index (χ0) is 20.1. The minimum absolute atomic E-state index is 0.0935. The van der Waals surface area contributed by atoms with Gasteiger partial charge in [-0.25, -0.2) is 4.98 Å². The van der Waals surface area contributed by atoms with Crippen LogP contribution in [0.4, 0.5) is 11.8 Å². The first kappa shape index (κ1) is 19.6. The van der Waals surface area contributed by atoms with Gasteiger partial charge in [-0.1, -0.05) is 30.3 Å². The Bertz CT molecular complexity index is 817. The number of rotatable bonds is 8. The summed E-state index contributed by atoms with van der Waals surface area (Å²) in [6.07, 6.45) is 4.69. The Morgan fingerprint density at radius 2 is 2.10 bits per heavy atom. The molecule has 29 heavy (non-hydrogen) atoms. The molecule has 1 unspecified atom stereocenters. The molecule has 4 rings (SSSR count). The molecule has 0 radical (unpaired) electrons. The summed E-state index contributed by atoms with van der Waals surface area (Å²) in [6, 6.07) is 12.1. The molecule has 7 nitrogen and oxygen atoms in total. The van der Waals surface area contributed by atoms with Crippen LogP contribution >= 0.6 is 0 Å². The van der Waals surface area contributed by atoms with E-state index in [9.17, 15) is 4.79 Å². The number of carbonyl (C=O) groups excluding carboxylic acids is 1. The lowest BCUT2D eigenvalue weighted by Gasteiger charge is -2.49. The van der Waals surface area contributed by atoms with Crippen LogP contribution in [0.3, 0.4) is 0 Å². The lowest BCUT2D eigenvalue weighted by molar-refractivity contribution is -0.133. The van der Waals surface area contributed by atoms with Crippen molar-refractivity contribution in [1.82, 2.24) is 15.3 Å². The lowest BCUT2D eigenvalue weighted by Crippen LogP contribution is -2.65. The van der Waals surface area contributed by atoms with Crippen LogP contribution < -0.4 is 15.5 Å². The molecule has 1 atom stereocenters. The molecule has 1 aromatic carbocycles. The summed E-state index contributed by atoms with van der Waals surface area (Å²) < 4.78 is 5.66. The molecule has 2 N–H and O–H groups in total. The summed E-state index contributed by atoms with van der Waals surface area (Å²) >= 11 is 0. The molecule has 7 heteroatoms. The normalized spacial score (nSPS) is 20.2. The monoisotopic (exact) mass is 395 g/mol. The van der Waals surface area contributed by atoms with Crippen LogP contribution in [0.5, 0.6) is 0 Å². The highest BCUT2D eigenvalue weighted by molar-refractivity contribution is 5.86. The van der Waals surface area contributed by atoms with Crippen molar-refractivity contribution >= 4 is 17.7 Å². The molecule has 0 bridgehead atoms. The quantitative estimate of drug-likeness (QED) is 0.714. The summed E-state index contributed by atoms with van der Waals surface area (Å²) in [4.78, 5) is 24.3. The smallest absolute Gasteiger partial charge is 0.230 e. The Kier molecular flexibility index (Phi) is 5.94. The first-order valence-electron chi connectivity index (χ1n) is 10.4. The highest BCUT2D eigenvalue weighted by Gasteiger charge is 2.50. The molecule has 1 amide bonds. The number of aromatic nitrogens is 2. The largest absolute Gasteiger partial charge is 0.376 e. The van der Waals surface area contributed by atoms with E-state index in [1.54, 1.807) is 6.20 Å². The minimum Gasteiger partial charge on any atom is -0.376 e. The molecule has 0 saturated carbocycles. The standard InChI is InChI=1S/C22H29N5O2/c1-2-23-19-10-11-24-21(26-19)27-15-22(16-27,13-17-7-4-3-5-8-17)20(28)25-14-18-9-6-12-29-18/h3-5,7-8,10-11,18H,2,6,9,12-16H2,1H3,(H,25,28)(H,23,24,26). The summed E-state index contributed by atoms with van der Waals surface area (Å²) in [6.45, 7) is 5.43. The van der Waals surface area contributed by atoms with E-state index in [0.29, 0.717) is 32.0 Å². The zero-order valence-corrected chi connectivity index (χ0v) is 16.9. The molecule has 2 fully saturated rings.